The van der Waals surface area contributed by atoms with Gasteiger partial charge in [0.2, 0.25) is 0 Å². The summed E-state index contributed by atoms with van der Waals surface area (Å²) < 4.78 is 95.0. The molecule has 0 radical (unpaired) electrons. The fourth-order valence-corrected chi connectivity index (χ4v) is 4.16. The molecule has 0 nitrogen and oxygen atoms in total. The molecule has 1 saturated carbocycles. The quantitative estimate of drug-likeness (QED) is 0.212. The molecular weight excluding hydrogens is 493 g/mol. The third-order valence-corrected chi connectivity index (χ3v) is 6.16. The average Bonchev–Trinajstić information content (AvgIpc) is 2.82. The molecule has 4 rings (SSSR count). The summed E-state index contributed by atoms with van der Waals surface area (Å²) in [4.78, 5) is 0. The van der Waals surface area contributed by atoms with Crippen LogP contribution in [0.1, 0.15) is 54.9 Å². The fourth-order valence-electron chi connectivity index (χ4n) is 4.16. The van der Waals surface area contributed by atoms with Gasteiger partial charge in [0.25, 0.3) is 0 Å². The van der Waals surface area contributed by atoms with Gasteiger partial charge in [0.05, 0.1) is 16.5 Å². The lowest BCUT2D eigenvalue weighted by Crippen LogP contribution is -2.10. The largest absolute Gasteiger partial charge is 0.458 e. The molecule has 37 heavy (non-hydrogen) atoms. The van der Waals surface area contributed by atoms with Gasteiger partial charge in [-0.25, -0.2) is 17.6 Å². The SMILES string of the molecule is CC1CCC(C#Cc2ccc(C#Cc3cc(F)c4c(F)c(C#CC(F)(F)F)c(F)cc4c3)c(F)c2)CC1. The molecule has 0 heterocycles. The van der Waals surface area contributed by atoms with Crippen LogP contribution in [0.25, 0.3) is 10.8 Å². The summed E-state index contributed by atoms with van der Waals surface area (Å²) in [5.41, 5.74) is -0.667. The lowest BCUT2D eigenvalue weighted by molar-refractivity contribution is -0.0696. The van der Waals surface area contributed by atoms with E-state index < -0.39 is 40.4 Å². The van der Waals surface area contributed by atoms with Crippen molar-refractivity contribution in [1.29, 1.82) is 0 Å². The first-order valence-corrected chi connectivity index (χ1v) is 11.5. The molecule has 188 valence electrons. The first kappa shape index (κ1) is 26.2. The Morgan fingerprint density at radius 2 is 1.43 bits per heavy atom. The second kappa shape index (κ2) is 10.6. The van der Waals surface area contributed by atoms with E-state index in [-0.39, 0.29) is 16.5 Å². The Kier molecular flexibility index (Phi) is 7.51. The van der Waals surface area contributed by atoms with Gasteiger partial charge in [-0.1, -0.05) is 36.5 Å². The predicted octanol–water partition coefficient (Wildman–Crippen LogP) is 7.89. The van der Waals surface area contributed by atoms with E-state index in [9.17, 15) is 30.7 Å². The van der Waals surface area contributed by atoms with Crippen LogP contribution in [0.5, 0.6) is 0 Å². The summed E-state index contributed by atoms with van der Waals surface area (Å²) in [6.45, 7) is 2.22. The minimum Gasteiger partial charge on any atom is -0.206 e. The molecule has 3 aromatic carbocycles. The highest BCUT2D eigenvalue weighted by Crippen LogP contribution is 2.29. The van der Waals surface area contributed by atoms with Crippen LogP contribution >= 0.6 is 0 Å². The van der Waals surface area contributed by atoms with Crippen molar-refractivity contribution >= 4 is 10.8 Å². The molecule has 0 aromatic heterocycles. The van der Waals surface area contributed by atoms with Crippen molar-refractivity contribution in [3.63, 3.8) is 0 Å². The van der Waals surface area contributed by atoms with Crippen LogP contribution in [-0.4, -0.2) is 6.18 Å². The molecule has 0 atom stereocenters. The van der Waals surface area contributed by atoms with Crippen molar-refractivity contribution in [3.8, 4) is 35.5 Å². The molecule has 0 spiro atoms. The number of benzene rings is 3. The minimum absolute atomic E-state index is 0.00674. The molecule has 0 aliphatic heterocycles. The van der Waals surface area contributed by atoms with Crippen molar-refractivity contribution in [1.82, 2.24) is 0 Å². The van der Waals surface area contributed by atoms with Gasteiger partial charge >= 0.3 is 6.18 Å². The fraction of sp³-hybridized carbons (Fsp3) is 0.267. The van der Waals surface area contributed by atoms with Gasteiger partial charge in [0, 0.05) is 23.0 Å². The number of rotatable bonds is 0. The lowest BCUT2D eigenvalue weighted by Gasteiger charge is -2.21. The normalized spacial score (nSPS) is 17.2. The van der Waals surface area contributed by atoms with E-state index in [4.69, 9.17) is 0 Å². The van der Waals surface area contributed by atoms with Gasteiger partial charge in [-0.2, -0.15) is 13.2 Å². The van der Waals surface area contributed by atoms with Crippen molar-refractivity contribution in [2.24, 2.45) is 11.8 Å². The molecule has 1 aliphatic rings. The summed E-state index contributed by atoms with van der Waals surface area (Å²) in [5.74, 6) is 9.74. The highest BCUT2D eigenvalue weighted by atomic mass is 19.4. The highest BCUT2D eigenvalue weighted by Gasteiger charge is 2.24. The number of alkyl halides is 3. The molecule has 0 saturated heterocycles. The van der Waals surface area contributed by atoms with Gasteiger partial charge in [-0.3, -0.25) is 0 Å². The molecule has 0 amide bonds. The van der Waals surface area contributed by atoms with Crippen LogP contribution in [0.15, 0.2) is 36.4 Å². The third-order valence-electron chi connectivity index (χ3n) is 6.16. The average molecular weight is 512 g/mol. The lowest BCUT2D eigenvalue weighted by atomic mass is 9.83. The summed E-state index contributed by atoms with van der Waals surface area (Å²) in [6.07, 6.45) is -0.661. The minimum atomic E-state index is -4.97. The van der Waals surface area contributed by atoms with E-state index in [0.29, 0.717) is 23.5 Å². The summed E-state index contributed by atoms with van der Waals surface area (Å²) >= 11 is 0. The molecule has 0 bridgehead atoms. The first-order chi connectivity index (χ1) is 17.5. The second-order valence-corrected chi connectivity index (χ2v) is 9.02. The monoisotopic (exact) mass is 512 g/mol. The van der Waals surface area contributed by atoms with E-state index in [1.54, 1.807) is 6.07 Å². The zero-order valence-electron chi connectivity index (χ0n) is 19.6. The second-order valence-electron chi connectivity index (χ2n) is 9.02. The Morgan fingerprint density at radius 3 is 2.11 bits per heavy atom. The Balaban J connectivity index is 1.60. The molecule has 1 fully saturated rings. The van der Waals surface area contributed by atoms with Gasteiger partial charge in [-0.05, 0) is 73.4 Å². The molecule has 3 aromatic rings. The molecular formula is C30H19F7. The maximum atomic E-state index is 14.6. The van der Waals surface area contributed by atoms with Crippen LogP contribution in [0.3, 0.4) is 0 Å². The van der Waals surface area contributed by atoms with Crippen molar-refractivity contribution in [3.05, 3.63) is 81.9 Å². The summed E-state index contributed by atoms with van der Waals surface area (Å²) in [5, 5.41) is -0.986. The van der Waals surface area contributed by atoms with E-state index >= 15 is 0 Å². The van der Waals surface area contributed by atoms with Crippen molar-refractivity contribution in [2.45, 2.75) is 38.8 Å². The van der Waals surface area contributed by atoms with Crippen molar-refractivity contribution < 1.29 is 30.7 Å². The first-order valence-electron chi connectivity index (χ1n) is 11.5. The Bertz CT molecular complexity index is 1540. The summed E-state index contributed by atoms with van der Waals surface area (Å²) in [6, 6.07) is 6.99. The molecule has 7 heteroatoms. The Labute approximate surface area is 209 Å². The standard InChI is InChI=1S/C30H19F7/c1-18-2-4-19(5-3-18)6-7-20-8-10-22(25(31)15-20)11-9-21-14-23-17-26(32)24(12-13-30(35,36)37)29(34)28(23)27(33)16-21/h8,10,14-19H,2-5H2,1H3. The van der Waals surface area contributed by atoms with Gasteiger partial charge in [-0.15, -0.1) is 0 Å². The van der Waals surface area contributed by atoms with E-state index in [1.165, 1.54) is 18.1 Å². The van der Waals surface area contributed by atoms with Crippen LogP contribution in [0.2, 0.25) is 0 Å². The molecule has 0 N–H and O–H groups in total. The highest BCUT2D eigenvalue weighted by molar-refractivity contribution is 5.87. The Hall–Kier alpha value is -3.89. The van der Waals surface area contributed by atoms with E-state index in [1.807, 2.05) is 0 Å². The maximum absolute atomic E-state index is 14.6. The van der Waals surface area contributed by atoms with Crippen LogP contribution in [0, 0.1) is 70.6 Å². The molecule has 1 aliphatic carbocycles. The van der Waals surface area contributed by atoms with Gasteiger partial charge in [0.1, 0.15) is 17.5 Å². The van der Waals surface area contributed by atoms with Gasteiger partial charge < -0.3 is 0 Å². The van der Waals surface area contributed by atoms with Crippen LogP contribution < -0.4 is 0 Å². The number of hydrogen-bond acceptors (Lipinski definition) is 0. The van der Waals surface area contributed by atoms with E-state index in [2.05, 4.69) is 30.6 Å². The van der Waals surface area contributed by atoms with Crippen molar-refractivity contribution in [2.75, 3.05) is 0 Å². The molecule has 0 unspecified atom stereocenters. The smallest absolute Gasteiger partial charge is 0.206 e. The number of halogens is 7. The number of hydrogen-bond donors (Lipinski definition) is 0. The topological polar surface area (TPSA) is 0 Å². The maximum Gasteiger partial charge on any atom is 0.458 e. The van der Waals surface area contributed by atoms with Crippen LogP contribution in [-0.2, 0) is 0 Å². The third kappa shape index (κ3) is 6.46. The van der Waals surface area contributed by atoms with Gasteiger partial charge in [0.15, 0.2) is 5.82 Å². The predicted molar refractivity (Wildman–Crippen MR) is 127 cm³/mol. The zero-order valence-corrected chi connectivity index (χ0v) is 19.6. The zero-order chi connectivity index (χ0) is 26.7. The Morgan fingerprint density at radius 1 is 0.730 bits per heavy atom. The van der Waals surface area contributed by atoms with E-state index in [0.717, 1.165) is 43.7 Å². The number of fused-ring (bicyclic) bond motifs is 1. The van der Waals surface area contributed by atoms with Crippen LogP contribution in [0.4, 0.5) is 30.7 Å². The summed E-state index contributed by atoms with van der Waals surface area (Å²) in [7, 11) is 0.